The van der Waals surface area contributed by atoms with Gasteiger partial charge in [0, 0.05) is 44.8 Å². The first kappa shape index (κ1) is 29.2. The maximum Gasteiger partial charge on any atom is 0.143 e. The van der Waals surface area contributed by atoms with Gasteiger partial charge in [-0.1, -0.05) is 133 Å². The summed E-state index contributed by atoms with van der Waals surface area (Å²) in [7, 11) is 0. The minimum absolute atomic E-state index is 0.0476. The van der Waals surface area contributed by atoms with E-state index >= 15 is 0 Å². The van der Waals surface area contributed by atoms with Crippen molar-refractivity contribution in [3.63, 3.8) is 0 Å². The molecule has 0 spiro atoms. The summed E-state index contributed by atoms with van der Waals surface area (Å²) in [6, 6.07) is 59.9. The number of hydrogen-bond donors (Lipinski definition) is 0. The van der Waals surface area contributed by atoms with Crippen LogP contribution in [0.3, 0.4) is 0 Å². The average molecular weight is 654 g/mol. The fourth-order valence-corrected chi connectivity index (χ4v) is 7.60. The van der Waals surface area contributed by atoms with E-state index in [1.807, 2.05) is 24.3 Å². The summed E-state index contributed by atoms with van der Waals surface area (Å²) in [6.45, 7) is 0. The van der Waals surface area contributed by atoms with E-state index in [9.17, 15) is 0 Å². The van der Waals surface area contributed by atoms with Crippen molar-refractivity contribution in [3.05, 3.63) is 194 Å². The third-order valence-corrected chi connectivity index (χ3v) is 10.1. The predicted octanol–water partition coefficient (Wildman–Crippen LogP) is 12.6. The maximum atomic E-state index is 6.50. The third kappa shape index (κ3) is 5.00. The normalized spacial score (nSPS) is 15.7. The zero-order valence-electron chi connectivity index (χ0n) is 27.7. The molecule has 10 rings (SSSR count). The SMILES string of the molecule is c1cc(-c2ccccc2)cc(N(c2ccc(-c3cccc4c3OC3C=CC=CC43)cc2)c2ccc(-c3cccc4c3oc3ccccc34)cc2)c#1. The van der Waals surface area contributed by atoms with E-state index in [0.29, 0.717) is 0 Å². The molecule has 1 aliphatic carbocycles. The van der Waals surface area contributed by atoms with Crippen LogP contribution in [0, 0.1) is 12.1 Å². The Morgan fingerprint density at radius 3 is 2.06 bits per heavy atom. The molecule has 0 amide bonds. The Bertz CT molecular complexity index is 2610. The topological polar surface area (TPSA) is 25.6 Å². The van der Waals surface area contributed by atoms with Crippen LogP contribution in [0.1, 0.15) is 11.5 Å². The van der Waals surface area contributed by atoms with Crippen LogP contribution >= 0.6 is 0 Å². The van der Waals surface area contributed by atoms with Crippen LogP contribution < -0.4 is 9.64 Å². The number of benzene rings is 6. The Labute approximate surface area is 297 Å². The van der Waals surface area contributed by atoms with Gasteiger partial charge in [0.25, 0.3) is 0 Å². The van der Waals surface area contributed by atoms with Gasteiger partial charge in [0.1, 0.15) is 23.0 Å². The lowest BCUT2D eigenvalue weighted by atomic mass is 9.90. The highest BCUT2D eigenvalue weighted by Gasteiger charge is 2.33. The molecule has 3 heteroatoms. The second-order valence-corrected chi connectivity index (χ2v) is 13.1. The van der Waals surface area contributed by atoms with Crippen LogP contribution in [0.15, 0.2) is 180 Å². The molecule has 240 valence electrons. The number of ether oxygens (including phenoxy) is 1. The van der Waals surface area contributed by atoms with Gasteiger partial charge in [0.2, 0.25) is 0 Å². The first-order valence-corrected chi connectivity index (χ1v) is 17.3. The molecule has 2 heterocycles. The largest absolute Gasteiger partial charge is 0.484 e. The molecule has 0 fully saturated rings. The summed E-state index contributed by atoms with van der Waals surface area (Å²) in [5.41, 5.74) is 12.6. The van der Waals surface area contributed by atoms with Gasteiger partial charge < -0.3 is 14.1 Å². The van der Waals surface area contributed by atoms with Gasteiger partial charge in [-0.05, 0) is 76.9 Å². The summed E-state index contributed by atoms with van der Waals surface area (Å²) >= 11 is 0. The van der Waals surface area contributed by atoms with E-state index in [2.05, 4.69) is 169 Å². The maximum absolute atomic E-state index is 6.50. The van der Waals surface area contributed by atoms with Crippen LogP contribution in [-0.2, 0) is 0 Å². The minimum atomic E-state index is 0.0476. The fraction of sp³-hybridized carbons (Fsp3) is 0.0417. The van der Waals surface area contributed by atoms with Gasteiger partial charge in [-0.25, -0.2) is 0 Å². The standard InChI is InChI=1S/C48H31NO2/c1-2-11-32(12-3-1)35-13-8-14-38(31-35)49(36-27-23-33(24-28-36)39-17-9-19-43-41-15-4-6-21-45(41)50-47(39)43)37-29-25-34(26-30-37)40-18-10-20-44-42-16-5-7-22-46(42)51-48(40)44/h1-7,9-13,15-31,41,45H. The number of allylic oxidation sites excluding steroid dienone is 2. The Morgan fingerprint density at radius 1 is 0.549 bits per heavy atom. The second-order valence-electron chi connectivity index (χ2n) is 13.1. The summed E-state index contributed by atoms with van der Waals surface area (Å²) in [6.07, 6.45) is 8.62. The molecule has 2 unspecified atom stereocenters. The fourth-order valence-electron chi connectivity index (χ4n) is 7.60. The molecule has 0 saturated heterocycles. The van der Waals surface area contributed by atoms with E-state index in [1.54, 1.807) is 0 Å². The molecule has 2 aliphatic rings. The molecule has 0 radical (unpaired) electrons. The summed E-state index contributed by atoms with van der Waals surface area (Å²) in [5, 5.41) is 2.25. The molecule has 0 saturated carbocycles. The molecule has 0 N–H and O–H groups in total. The van der Waals surface area contributed by atoms with Crippen molar-refractivity contribution >= 4 is 39.0 Å². The van der Waals surface area contributed by atoms with E-state index < -0.39 is 0 Å². The number of anilines is 3. The van der Waals surface area contributed by atoms with Crippen molar-refractivity contribution in [1.82, 2.24) is 0 Å². The van der Waals surface area contributed by atoms with Gasteiger partial charge in [-0.3, -0.25) is 0 Å². The zero-order chi connectivity index (χ0) is 33.7. The van der Waals surface area contributed by atoms with Crippen molar-refractivity contribution in [2.75, 3.05) is 4.90 Å². The number of fused-ring (bicyclic) bond motifs is 6. The van der Waals surface area contributed by atoms with Gasteiger partial charge in [0.05, 0.1) is 5.69 Å². The molecule has 51 heavy (non-hydrogen) atoms. The van der Waals surface area contributed by atoms with Crippen LogP contribution in [0.2, 0.25) is 0 Å². The molecule has 2 atom stereocenters. The molecular weight excluding hydrogens is 623 g/mol. The third-order valence-electron chi connectivity index (χ3n) is 10.1. The number of rotatable bonds is 6. The van der Waals surface area contributed by atoms with Crippen LogP contribution in [-0.4, -0.2) is 6.10 Å². The zero-order valence-corrected chi connectivity index (χ0v) is 27.7. The van der Waals surface area contributed by atoms with E-state index in [1.165, 1.54) is 5.56 Å². The smallest absolute Gasteiger partial charge is 0.143 e. The Kier molecular flexibility index (Phi) is 6.86. The highest BCUT2D eigenvalue weighted by molar-refractivity contribution is 6.09. The average Bonchev–Trinajstić information content (AvgIpc) is 3.78. The summed E-state index contributed by atoms with van der Waals surface area (Å²) in [5.74, 6) is 1.23. The van der Waals surface area contributed by atoms with Crippen LogP contribution in [0.5, 0.6) is 5.75 Å². The lowest BCUT2D eigenvalue weighted by Gasteiger charge is -2.25. The highest BCUT2D eigenvalue weighted by atomic mass is 16.5. The molecule has 7 aromatic carbocycles. The molecule has 1 aliphatic heterocycles. The van der Waals surface area contributed by atoms with E-state index in [4.69, 9.17) is 9.15 Å². The first-order valence-electron chi connectivity index (χ1n) is 17.3. The van der Waals surface area contributed by atoms with Crippen molar-refractivity contribution in [3.8, 4) is 39.1 Å². The van der Waals surface area contributed by atoms with Gasteiger partial charge in [-0.15, -0.1) is 0 Å². The van der Waals surface area contributed by atoms with Crippen molar-refractivity contribution < 1.29 is 9.15 Å². The second kappa shape index (κ2) is 12.0. The molecule has 0 bridgehead atoms. The lowest BCUT2D eigenvalue weighted by molar-refractivity contribution is 0.270. The number of para-hydroxylation sites is 3. The minimum Gasteiger partial charge on any atom is -0.484 e. The quantitative estimate of drug-likeness (QED) is 0.179. The van der Waals surface area contributed by atoms with Gasteiger partial charge >= 0.3 is 0 Å². The number of furan rings is 1. The van der Waals surface area contributed by atoms with E-state index in [-0.39, 0.29) is 12.0 Å². The summed E-state index contributed by atoms with van der Waals surface area (Å²) in [4.78, 5) is 2.24. The van der Waals surface area contributed by atoms with Crippen molar-refractivity contribution in [2.24, 2.45) is 0 Å². The van der Waals surface area contributed by atoms with Crippen molar-refractivity contribution in [2.45, 2.75) is 12.0 Å². The molecule has 3 nitrogen and oxygen atoms in total. The lowest BCUT2D eigenvalue weighted by Crippen LogP contribution is -2.15. The van der Waals surface area contributed by atoms with Crippen LogP contribution in [0.25, 0.3) is 55.3 Å². The van der Waals surface area contributed by atoms with Gasteiger partial charge in [0.15, 0.2) is 0 Å². The highest BCUT2D eigenvalue weighted by Crippen LogP contribution is 2.47. The summed E-state index contributed by atoms with van der Waals surface area (Å²) < 4.78 is 12.9. The van der Waals surface area contributed by atoms with Gasteiger partial charge in [-0.2, -0.15) is 0 Å². The monoisotopic (exact) mass is 653 g/mol. The molecular formula is C48H31NO2. The Morgan fingerprint density at radius 2 is 1.24 bits per heavy atom. The Hall–Kier alpha value is -6.76. The van der Waals surface area contributed by atoms with Crippen molar-refractivity contribution in [1.29, 1.82) is 0 Å². The first-order chi connectivity index (χ1) is 25.3. The number of nitrogens with zero attached hydrogens (tertiary/aromatic N) is 1. The molecule has 1 aromatic heterocycles. The molecule has 8 aromatic rings. The Balaban J connectivity index is 1.05. The van der Waals surface area contributed by atoms with Crippen LogP contribution in [0.4, 0.5) is 17.1 Å². The predicted molar refractivity (Wildman–Crippen MR) is 208 cm³/mol. The number of hydrogen-bond acceptors (Lipinski definition) is 3. The van der Waals surface area contributed by atoms with E-state index in [0.717, 1.165) is 78.1 Å².